The first kappa shape index (κ1) is 25.0. The molecular formula is C34H30N4. The quantitative estimate of drug-likeness (QED) is 0.336. The van der Waals surface area contributed by atoms with Crippen molar-refractivity contribution in [2.75, 3.05) is 5.01 Å². The van der Waals surface area contributed by atoms with Gasteiger partial charge in [-0.2, -0.15) is 15.6 Å². The number of hydrogen-bond donors (Lipinski definition) is 0. The molecule has 0 aromatic heterocycles. The lowest BCUT2D eigenvalue weighted by molar-refractivity contribution is 0.354. The number of nitrogens with zero attached hydrogens (tertiary/aromatic N) is 4. The van der Waals surface area contributed by atoms with Crippen LogP contribution in [0, 0.1) is 28.1 Å². The molecule has 0 saturated heterocycles. The lowest BCUT2D eigenvalue weighted by Crippen LogP contribution is -2.18. The summed E-state index contributed by atoms with van der Waals surface area (Å²) in [6.45, 7) is 4.36. The van der Waals surface area contributed by atoms with Crippen LogP contribution in [0.25, 0.3) is 6.08 Å². The average molecular weight is 495 g/mol. The van der Waals surface area contributed by atoms with Gasteiger partial charge in [0.05, 0.1) is 17.4 Å². The Balaban J connectivity index is 1.41. The molecule has 186 valence electrons. The highest BCUT2D eigenvalue weighted by Crippen LogP contribution is 2.40. The van der Waals surface area contributed by atoms with Gasteiger partial charge in [0.25, 0.3) is 0 Å². The molecule has 1 atom stereocenters. The molecule has 0 amide bonds. The second-order valence-corrected chi connectivity index (χ2v) is 10.7. The van der Waals surface area contributed by atoms with Crippen molar-refractivity contribution >= 4 is 17.5 Å². The molecule has 5 rings (SSSR count). The number of rotatable bonds is 5. The largest absolute Gasteiger partial charge is 0.257 e. The Bertz CT molecular complexity index is 1490. The average Bonchev–Trinajstić information content (AvgIpc) is 3.39. The first-order valence-corrected chi connectivity index (χ1v) is 12.9. The summed E-state index contributed by atoms with van der Waals surface area (Å²) < 4.78 is 0. The molecule has 4 heteroatoms. The molecule has 0 N–H and O–H groups in total. The summed E-state index contributed by atoms with van der Waals surface area (Å²) in [6.07, 6.45) is 8.70. The highest BCUT2D eigenvalue weighted by molar-refractivity contribution is 6.03. The van der Waals surface area contributed by atoms with Gasteiger partial charge in [0.1, 0.15) is 17.7 Å². The van der Waals surface area contributed by atoms with Crippen molar-refractivity contribution in [3.8, 4) is 12.1 Å². The van der Waals surface area contributed by atoms with E-state index in [0.717, 1.165) is 52.9 Å². The summed E-state index contributed by atoms with van der Waals surface area (Å²) >= 11 is 0. The third kappa shape index (κ3) is 5.51. The van der Waals surface area contributed by atoms with Gasteiger partial charge < -0.3 is 0 Å². The van der Waals surface area contributed by atoms with Crippen LogP contribution in [-0.2, 0) is 0 Å². The van der Waals surface area contributed by atoms with Crippen LogP contribution in [0.4, 0.5) is 5.69 Å². The molecule has 1 heterocycles. The van der Waals surface area contributed by atoms with E-state index in [-0.39, 0.29) is 17.0 Å². The fourth-order valence-corrected chi connectivity index (χ4v) is 5.32. The normalized spacial score (nSPS) is 18.5. The molecule has 1 unspecified atom stereocenters. The molecule has 1 aliphatic heterocycles. The SMILES string of the molecule is CC1(C)CC(/C=C/c2ccc(N3N=C(c4ccccc4)CC3c3ccccc3)cc2)=CC(=C(C#N)C#N)C1. The minimum absolute atomic E-state index is 0.00321. The van der Waals surface area contributed by atoms with Gasteiger partial charge in [-0.25, -0.2) is 0 Å². The standard InChI is InChI=1S/C34H30N4/c1-34(2)21-26(19-29(22-34)30(23-35)24-36)14-13-25-15-17-31(18-16-25)38-33(28-11-7-4-8-12-28)20-32(37-38)27-9-5-3-6-10-27/h3-19,33H,20-22H2,1-2H3/b14-13+. The van der Waals surface area contributed by atoms with Crippen molar-refractivity contribution in [2.45, 2.75) is 39.2 Å². The summed E-state index contributed by atoms with van der Waals surface area (Å²) in [5, 5.41) is 25.9. The summed E-state index contributed by atoms with van der Waals surface area (Å²) in [6, 6.07) is 33.7. The van der Waals surface area contributed by atoms with Crippen LogP contribution in [-0.4, -0.2) is 5.71 Å². The van der Waals surface area contributed by atoms with E-state index in [1.165, 1.54) is 5.56 Å². The number of anilines is 1. The second kappa shape index (κ2) is 10.8. The van der Waals surface area contributed by atoms with Gasteiger partial charge in [0, 0.05) is 6.42 Å². The molecule has 3 aromatic carbocycles. The lowest BCUT2D eigenvalue weighted by Gasteiger charge is -2.30. The van der Waals surface area contributed by atoms with Crippen LogP contribution in [0.3, 0.4) is 0 Å². The second-order valence-electron chi connectivity index (χ2n) is 10.7. The molecule has 3 aromatic rings. The zero-order valence-electron chi connectivity index (χ0n) is 21.8. The zero-order chi connectivity index (χ0) is 26.5. The summed E-state index contributed by atoms with van der Waals surface area (Å²) in [7, 11) is 0. The first-order valence-electron chi connectivity index (χ1n) is 12.9. The maximum atomic E-state index is 9.34. The zero-order valence-corrected chi connectivity index (χ0v) is 21.8. The third-order valence-electron chi connectivity index (χ3n) is 7.11. The van der Waals surface area contributed by atoms with E-state index in [1.807, 2.05) is 30.3 Å². The number of hydrogen-bond acceptors (Lipinski definition) is 4. The smallest absolute Gasteiger partial charge is 0.132 e. The molecule has 0 bridgehead atoms. The molecule has 2 aliphatic rings. The van der Waals surface area contributed by atoms with E-state index in [9.17, 15) is 10.5 Å². The Morgan fingerprint density at radius 1 is 0.868 bits per heavy atom. The molecule has 0 saturated carbocycles. The Kier molecular flexibility index (Phi) is 7.07. The molecule has 0 radical (unpaired) electrons. The van der Waals surface area contributed by atoms with Gasteiger partial charge in [0.15, 0.2) is 0 Å². The van der Waals surface area contributed by atoms with E-state index in [0.29, 0.717) is 0 Å². The van der Waals surface area contributed by atoms with Crippen molar-refractivity contribution < 1.29 is 0 Å². The summed E-state index contributed by atoms with van der Waals surface area (Å²) in [5.74, 6) is 0. The van der Waals surface area contributed by atoms with Crippen LogP contribution in [0.5, 0.6) is 0 Å². The van der Waals surface area contributed by atoms with E-state index >= 15 is 0 Å². The van der Waals surface area contributed by atoms with Gasteiger partial charge in [-0.15, -0.1) is 0 Å². The Morgan fingerprint density at radius 2 is 1.53 bits per heavy atom. The van der Waals surface area contributed by atoms with E-state index in [1.54, 1.807) is 0 Å². The molecule has 0 fully saturated rings. The molecule has 1 aliphatic carbocycles. The van der Waals surface area contributed by atoms with Crippen LogP contribution >= 0.6 is 0 Å². The fraction of sp³-hybridized carbons (Fsp3) is 0.206. The predicted molar refractivity (Wildman–Crippen MR) is 154 cm³/mol. The number of nitriles is 2. The molecule has 4 nitrogen and oxygen atoms in total. The van der Waals surface area contributed by atoms with Gasteiger partial charge >= 0.3 is 0 Å². The highest BCUT2D eigenvalue weighted by Gasteiger charge is 2.30. The maximum Gasteiger partial charge on any atom is 0.132 e. The van der Waals surface area contributed by atoms with Crippen LogP contribution in [0.2, 0.25) is 0 Å². The minimum atomic E-state index is 0.00321. The van der Waals surface area contributed by atoms with Crippen molar-refractivity contribution in [1.29, 1.82) is 10.5 Å². The fourth-order valence-electron chi connectivity index (χ4n) is 5.32. The van der Waals surface area contributed by atoms with E-state index < -0.39 is 0 Å². The van der Waals surface area contributed by atoms with Crippen LogP contribution in [0.1, 0.15) is 55.8 Å². The van der Waals surface area contributed by atoms with Crippen molar-refractivity contribution in [3.63, 3.8) is 0 Å². The Morgan fingerprint density at radius 3 is 2.18 bits per heavy atom. The van der Waals surface area contributed by atoms with Crippen LogP contribution < -0.4 is 5.01 Å². The van der Waals surface area contributed by atoms with Crippen molar-refractivity contribution in [1.82, 2.24) is 0 Å². The van der Waals surface area contributed by atoms with Crippen LogP contribution in [0.15, 0.2) is 119 Å². The predicted octanol–water partition coefficient (Wildman–Crippen LogP) is 8.15. The van der Waals surface area contributed by atoms with E-state index in [2.05, 4.69) is 104 Å². The van der Waals surface area contributed by atoms with Crippen molar-refractivity contribution in [3.05, 3.63) is 130 Å². The van der Waals surface area contributed by atoms with Gasteiger partial charge in [-0.3, -0.25) is 5.01 Å². The number of hydrazone groups is 1. The summed E-state index contributed by atoms with van der Waals surface area (Å²) in [5.41, 5.74) is 7.81. The monoisotopic (exact) mass is 494 g/mol. The number of allylic oxidation sites excluding steroid dienone is 5. The Labute approximate surface area is 225 Å². The minimum Gasteiger partial charge on any atom is -0.257 e. The molecular weight excluding hydrogens is 464 g/mol. The first-order chi connectivity index (χ1) is 18.5. The van der Waals surface area contributed by atoms with Gasteiger partial charge in [0.2, 0.25) is 0 Å². The number of benzene rings is 3. The van der Waals surface area contributed by atoms with Crippen molar-refractivity contribution in [2.24, 2.45) is 10.5 Å². The summed E-state index contributed by atoms with van der Waals surface area (Å²) in [4.78, 5) is 0. The topological polar surface area (TPSA) is 63.2 Å². The third-order valence-corrected chi connectivity index (χ3v) is 7.11. The van der Waals surface area contributed by atoms with Gasteiger partial charge in [-0.05, 0) is 58.2 Å². The maximum absolute atomic E-state index is 9.34. The highest BCUT2D eigenvalue weighted by atomic mass is 15.5. The van der Waals surface area contributed by atoms with Gasteiger partial charge in [-0.1, -0.05) is 105 Å². The lowest BCUT2D eigenvalue weighted by atomic mass is 9.74. The van der Waals surface area contributed by atoms with E-state index in [4.69, 9.17) is 5.10 Å². The molecule has 0 spiro atoms. The Hall–Kier alpha value is -4.67. The molecule has 38 heavy (non-hydrogen) atoms.